The summed E-state index contributed by atoms with van der Waals surface area (Å²) in [5.41, 5.74) is 6.74. The van der Waals surface area contributed by atoms with E-state index in [1.165, 1.54) is 6.42 Å². The summed E-state index contributed by atoms with van der Waals surface area (Å²) in [6, 6.07) is 3.90. The summed E-state index contributed by atoms with van der Waals surface area (Å²) in [6.45, 7) is 6.06. The van der Waals surface area contributed by atoms with Crippen molar-refractivity contribution >= 4 is 0 Å². The van der Waals surface area contributed by atoms with Gasteiger partial charge in [0.25, 0.3) is 0 Å². The van der Waals surface area contributed by atoms with Gasteiger partial charge >= 0.3 is 0 Å². The van der Waals surface area contributed by atoms with Gasteiger partial charge in [-0.3, -0.25) is 0 Å². The molecule has 1 aromatic rings. The Labute approximate surface area is 114 Å². The molecule has 2 rings (SSSR count). The summed E-state index contributed by atoms with van der Waals surface area (Å²) >= 11 is 0. The van der Waals surface area contributed by atoms with Crippen molar-refractivity contribution in [3.05, 3.63) is 17.7 Å². The van der Waals surface area contributed by atoms with Crippen LogP contribution in [0.25, 0.3) is 0 Å². The van der Waals surface area contributed by atoms with Crippen molar-refractivity contribution < 1.29 is 14.2 Å². The molecule has 1 heterocycles. The number of ether oxygens (including phenoxy) is 3. The molecule has 0 fully saturated rings. The minimum Gasteiger partial charge on any atom is -0.493 e. The zero-order valence-corrected chi connectivity index (χ0v) is 11.8. The highest BCUT2D eigenvalue weighted by atomic mass is 16.7. The summed E-state index contributed by atoms with van der Waals surface area (Å²) in [5.74, 6) is 3.14. The van der Waals surface area contributed by atoms with E-state index in [0.29, 0.717) is 12.5 Å². The first-order valence-electron chi connectivity index (χ1n) is 6.96. The van der Waals surface area contributed by atoms with E-state index < -0.39 is 0 Å². The number of rotatable bonds is 7. The molecule has 19 heavy (non-hydrogen) atoms. The predicted octanol–water partition coefficient (Wildman–Crippen LogP) is 2.73. The van der Waals surface area contributed by atoms with Gasteiger partial charge in [0.1, 0.15) is 5.75 Å². The van der Waals surface area contributed by atoms with Crippen molar-refractivity contribution in [3.8, 4) is 17.2 Å². The number of hydrogen-bond donors (Lipinski definition) is 1. The molecular weight excluding hydrogens is 242 g/mol. The third-order valence-electron chi connectivity index (χ3n) is 3.15. The van der Waals surface area contributed by atoms with E-state index in [2.05, 4.69) is 13.8 Å². The first-order valence-corrected chi connectivity index (χ1v) is 6.96. The molecule has 0 spiro atoms. The summed E-state index contributed by atoms with van der Waals surface area (Å²) in [6.07, 6.45) is 3.03. The second-order valence-corrected chi connectivity index (χ2v) is 5.24. The van der Waals surface area contributed by atoms with E-state index in [1.807, 2.05) is 12.1 Å². The molecule has 4 heteroatoms. The summed E-state index contributed by atoms with van der Waals surface area (Å²) in [4.78, 5) is 0. The normalized spacial score (nSPS) is 13.1. The number of benzene rings is 1. The molecule has 1 aromatic carbocycles. The molecule has 0 radical (unpaired) electrons. The lowest BCUT2D eigenvalue weighted by Gasteiger charge is -2.12. The molecule has 0 atom stereocenters. The second kappa shape index (κ2) is 6.66. The Morgan fingerprint density at radius 1 is 1.26 bits per heavy atom. The van der Waals surface area contributed by atoms with Crippen LogP contribution in [-0.2, 0) is 6.42 Å². The molecule has 2 N–H and O–H groups in total. The first kappa shape index (κ1) is 14.0. The fourth-order valence-electron chi connectivity index (χ4n) is 2.12. The molecule has 1 aliphatic rings. The Morgan fingerprint density at radius 3 is 2.68 bits per heavy atom. The second-order valence-electron chi connectivity index (χ2n) is 5.24. The maximum Gasteiger partial charge on any atom is 0.231 e. The standard InChI is InChI=1S/C15H23NO3/c1-11(2)4-3-7-17-13-9-15-14(18-10-19-15)8-12(13)5-6-16/h8-9,11H,3-7,10,16H2,1-2H3. The molecule has 0 aromatic heterocycles. The van der Waals surface area contributed by atoms with E-state index in [9.17, 15) is 0 Å². The molecule has 1 aliphatic heterocycles. The molecular formula is C15H23NO3. The van der Waals surface area contributed by atoms with Crippen molar-refractivity contribution in [2.24, 2.45) is 11.7 Å². The van der Waals surface area contributed by atoms with Gasteiger partial charge in [-0.2, -0.15) is 0 Å². The Balaban J connectivity index is 2.01. The molecule has 0 bridgehead atoms. The molecule has 106 valence electrons. The highest BCUT2D eigenvalue weighted by Gasteiger charge is 2.17. The lowest BCUT2D eigenvalue weighted by Crippen LogP contribution is -2.06. The monoisotopic (exact) mass is 265 g/mol. The van der Waals surface area contributed by atoms with Gasteiger partial charge < -0.3 is 19.9 Å². The number of nitrogens with two attached hydrogens (primary N) is 1. The van der Waals surface area contributed by atoms with Gasteiger partial charge in [-0.05, 0) is 43.4 Å². The fourth-order valence-corrected chi connectivity index (χ4v) is 2.12. The zero-order valence-electron chi connectivity index (χ0n) is 11.8. The Hall–Kier alpha value is -1.42. The molecule has 0 aliphatic carbocycles. The largest absolute Gasteiger partial charge is 0.493 e. The highest BCUT2D eigenvalue weighted by Crippen LogP contribution is 2.38. The molecule has 0 unspecified atom stereocenters. The van der Waals surface area contributed by atoms with Gasteiger partial charge in [0.2, 0.25) is 6.79 Å². The third kappa shape index (κ3) is 3.77. The van der Waals surface area contributed by atoms with E-state index in [-0.39, 0.29) is 6.79 Å². The van der Waals surface area contributed by atoms with E-state index in [4.69, 9.17) is 19.9 Å². The van der Waals surface area contributed by atoms with Crippen LogP contribution in [0.5, 0.6) is 17.2 Å². The van der Waals surface area contributed by atoms with E-state index >= 15 is 0 Å². The summed E-state index contributed by atoms with van der Waals surface area (Å²) in [5, 5.41) is 0. The van der Waals surface area contributed by atoms with Crippen LogP contribution >= 0.6 is 0 Å². The van der Waals surface area contributed by atoms with Crippen LogP contribution < -0.4 is 19.9 Å². The maximum atomic E-state index is 5.87. The topological polar surface area (TPSA) is 53.7 Å². The maximum absolute atomic E-state index is 5.87. The van der Waals surface area contributed by atoms with Crippen molar-refractivity contribution in [2.45, 2.75) is 33.1 Å². The van der Waals surface area contributed by atoms with Crippen molar-refractivity contribution in [2.75, 3.05) is 19.9 Å². The third-order valence-corrected chi connectivity index (χ3v) is 3.15. The van der Waals surface area contributed by atoms with Gasteiger partial charge in [-0.1, -0.05) is 13.8 Å². The minimum absolute atomic E-state index is 0.286. The summed E-state index contributed by atoms with van der Waals surface area (Å²) in [7, 11) is 0. The Bertz CT molecular complexity index is 418. The lowest BCUT2D eigenvalue weighted by atomic mass is 10.1. The molecule has 0 amide bonds. The van der Waals surface area contributed by atoms with E-state index in [1.54, 1.807) is 0 Å². The fraction of sp³-hybridized carbons (Fsp3) is 0.600. The predicted molar refractivity (Wildman–Crippen MR) is 74.9 cm³/mol. The quantitative estimate of drug-likeness (QED) is 0.770. The SMILES string of the molecule is CC(C)CCCOc1cc2c(cc1CCN)OCO2. The average Bonchev–Trinajstić information content (AvgIpc) is 2.81. The van der Waals surface area contributed by atoms with Crippen LogP contribution in [0.15, 0.2) is 12.1 Å². The van der Waals surface area contributed by atoms with E-state index in [0.717, 1.165) is 42.3 Å². The van der Waals surface area contributed by atoms with Gasteiger partial charge in [0.15, 0.2) is 11.5 Å². The number of hydrogen-bond acceptors (Lipinski definition) is 4. The van der Waals surface area contributed by atoms with Crippen LogP contribution in [0.2, 0.25) is 0 Å². The smallest absolute Gasteiger partial charge is 0.231 e. The highest BCUT2D eigenvalue weighted by molar-refractivity contribution is 5.51. The van der Waals surface area contributed by atoms with Gasteiger partial charge in [-0.25, -0.2) is 0 Å². The average molecular weight is 265 g/mol. The molecule has 4 nitrogen and oxygen atoms in total. The van der Waals surface area contributed by atoms with Gasteiger partial charge in [-0.15, -0.1) is 0 Å². The van der Waals surface area contributed by atoms with Crippen LogP contribution in [0.3, 0.4) is 0 Å². The zero-order chi connectivity index (χ0) is 13.7. The van der Waals surface area contributed by atoms with Crippen LogP contribution in [0, 0.1) is 5.92 Å². The Kier molecular flexibility index (Phi) is 4.91. The number of fused-ring (bicyclic) bond motifs is 1. The molecule has 0 saturated carbocycles. The first-order chi connectivity index (χ1) is 9.20. The van der Waals surface area contributed by atoms with Crippen molar-refractivity contribution in [1.82, 2.24) is 0 Å². The van der Waals surface area contributed by atoms with Crippen molar-refractivity contribution in [3.63, 3.8) is 0 Å². The van der Waals surface area contributed by atoms with Crippen molar-refractivity contribution in [1.29, 1.82) is 0 Å². The van der Waals surface area contributed by atoms with Crippen LogP contribution in [0.4, 0.5) is 0 Å². The lowest BCUT2D eigenvalue weighted by molar-refractivity contribution is 0.173. The van der Waals surface area contributed by atoms with Gasteiger partial charge in [0.05, 0.1) is 6.61 Å². The Morgan fingerprint density at radius 2 is 2.00 bits per heavy atom. The van der Waals surface area contributed by atoms with Gasteiger partial charge in [0, 0.05) is 6.07 Å². The minimum atomic E-state index is 0.286. The van der Waals surface area contributed by atoms with Crippen LogP contribution in [-0.4, -0.2) is 19.9 Å². The summed E-state index contributed by atoms with van der Waals surface area (Å²) < 4.78 is 16.6. The van der Waals surface area contributed by atoms with Crippen LogP contribution in [0.1, 0.15) is 32.3 Å². The molecule has 0 saturated heterocycles.